The van der Waals surface area contributed by atoms with Crippen LogP contribution in [0.15, 0.2) is 43.0 Å². The van der Waals surface area contributed by atoms with Crippen molar-refractivity contribution < 1.29 is 14.3 Å². The molecule has 4 nitrogen and oxygen atoms in total. The number of nitrogens with one attached hydrogen (secondary N) is 1. The first-order chi connectivity index (χ1) is 11.1. The van der Waals surface area contributed by atoms with E-state index in [1.165, 1.54) is 7.11 Å². The molecule has 0 aliphatic rings. The zero-order valence-electron chi connectivity index (χ0n) is 13.4. The maximum Gasteiger partial charge on any atom is 0.325 e. The zero-order valence-corrected chi connectivity index (χ0v) is 14.2. The van der Waals surface area contributed by atoms with E-state index in [0.717, 1.165) is 5.56 Å². The molecule has 0 saturated heterocycles. The number of esters is 1. The lowest BCUT2D eigenvalue weighted by atomic mass is 9.92. The highest BCUT2D eigenvalue weighted by molar-refractivity contribution is 7.80. The summed E-state index contributed by atoms with van der Waals surface area (Å²) in [5.74, 6) is -0.369. The van der Waals surface area contributed by atoms with Crippen molar-refractivity contribution >= 4 is 29.0 Å². The molecule has 0 aliphatic heterocycles. The molecule has 5 heteroatoms. The number of benzene rings is 1. The summed E-state index contributed by atoms with van der Waals surface area (Å²) in [5.41, 5.74) is 1.11. The Hall–Kier alpha value is -2.01. The number of Topliss-reactive ketones (excluding diaryl/α,β-unsaturated/α-hetero) is 1. The number of allylic oxidation sites excluding steroid dienone is 1. The van der Waals surface area contributed by atoms with Gasteiger partial charge < -0.3 is 10.1 Å². The van der Waals surface area contributed by atoms with Crippen LogP contribution in [0.25, 0.3) is 0 Å². The monoisotopic (exact) mass is 333 g/mol. The van der Waals surface area contributed by atoms with Crippen molar-refractivity contribution in [1.82, 2.24) is 5.32 Å². The van der Waals surface area contributed by atoms with Crippen molar-refractivity contribution in [1.29, 1.82) is 0 Å². The first-order valence-electron chi connectivity index (χ1n) is 7.57. The van der Waals surface area contributed by atoms with Gasteiger partial charge in [-0.15, -0.1) is 6.58 Å². The predicted molar refractivity (Wildman–Crippen MR) is 95.3 cm³/mol. The molecule has 1 rings (SSSR count). The van der Waals surface area contributed by atoms with Crippen molar-refractivity contribution in [3.05, 3.63) is 48.6 Å². The Morgan fingerprint density at radius 2 is 2.04 bits per heavy atom. The molecular weight excluding hydrogens is 310 g/mol. The minimum absolute atomic E-state index is 0.0153. The normalized spacial score (nSPS) is 11.3. The number of ketones is 1. The van der Waals surface area contributed by atoms with Gasteiger partial charge in [0.25, 0.3) is 0 Å². The fourth-order valence-electron chi connectivity index (χ4n) is 2.17. The molecular formula is C18H23NO3S. The number of carbonyl (C=O) groups excluding carboxylic acids is 2. The Kier molecular flexibility index (Phi) is 8.83. The highest BCUT2D eigenvalue weighted by Gasteiger charge is 2.19. The highest BCUT2D eigenvalue weighted by Crippen LogP contribution is 2.16. The average molecular weight is 333 g/mol. The van der Waals surface area contributed by atoms with Gasteiger partial charge in [0.1, 0.15) is 12.3 Å². The van der Waals surface area contributed by atoms with Gasteiger partial charge in [0.05, 0.1) is 12.1 Å². The molecule has 1 aromatic rings. The number of hydrogen-bond acceptors (Lipinski definition) is 4. The standard InChI is InChI=1S/C18H23NO3S/c1-3-4-10-16(20)12-15(11-14-8-6-5-7-9-14)18(23)19-13-17(21)22-2/h3,5-9,15H,1,4,10-13H2,2H3,(H,19,23)/t15-/m1/s1. The molecule has 0 heterocycles. The van der Waals surface area contributed by atoms with Crippen LogP contribution in [0.5, 0.6) is 0 Å². The summed E-state index contributed by atoms with van der Waals surface area (Å²) < 4.78 is 4.59. The summed E-state index contributed by atoms with van der Waals surface area (Å²) in [7, 11) is 1.33. The smallest absolute Gasteiger partial charge is 0.325 e. The van der Waals surface area contributed by atoms with Crippen LogP contribution in [-0.2, 0) is 20.7 Å². The van der Waals surface area contributed by atoms with E-state index in [-0.39, 0.29) is 24.2 Å². The Labute approximate surface area is 142 Å². The maximum absolute atomic E-state index is 12.1. The number of rotatable bonds is 10. The Balaban J connectivity index is 2.70. The molecule has 0 fully saturated rings. The van der Waals surface area contributed by atoms with Crippen LogP contribution < -0.4 is 5.32 Å². The van der Waals surface area contributed by atoms with Crippen LogP contribution in [0.3, 0.4) is 0 Å². The second-order valence-corrected chi connectivity index (χ2v) is 5.69. The van der Waals surface area contributed by atoms with E-state index in [9.17, 15) is 9.59 Å². The van der Waals surface area contributed by atoms with Crippen molar-refractivity contribution in [2.24, 2.45) is 5.92 Å². The summed E-state index contributed by atoms with van der Waals surface area (Å²) in [6, 6.07) is 9.86. The van der Waals surface area contributed by atoms with Crippen molar-refractivity contribution in [2.75, 3.05) is 13.7 Å². The van der Waals surface area contributed by atoms with Crippen LogP contribution in [0.4, 0.5) is 0 Å². The van der Waals surface area contributed by atoms with Crippen LogP contribution in [0, 0.1) is 5.92 Å². The van der Waals surface area contributed by atoms with Gasteiger partial charge in [-0.1, -0.05) is 48.6 Å². The van der Waals surface area contributed by atoms with Gasteiger partial charge in [-0.2, -0.15) is 0 Å². The van der Waals surface area contributed by atoms with E-state index in [4.69, 9.17) is 12.2 Å². The summed E-state index contributed by atoms with van der Waals surface area (Å²) in [6.07, 6.45) is 3.88. The number of hydrogen-bond donors (Lipinski definition) is 1. The lowest BCUT2D eigenvalue weighted by Gasteiger charge is -2.18. The largest absolute Gasteiger partial charge is 0.468 e. The van der Waals surface area contributed by atoms with Gasteiger partial charge in [-0.3, -0.25) is 9.59 Å². The molecule has 1 aromatic carbocycles. The molecule has 1 N–H and O–H groups in total. The van der Waals surface area contributed by atoms with E-state index >= 15 is 0 Å². The lowest BCUT2D eigenvalue weighted by molar-refractivity contribution is -0.139. The Morgan fingerprint density at radius 1 is 1.35 bits per heavy atom. The Morgan fingerprint density at radius 3 is 2.65 bits per heavy atom. The third-order valence-electron chi connectivity index (χ3n) is 3.43. The second-order valence-electron chi connectivity index (χ2n) is 5.25. The van der Waals surface area contributed by atoms with Crippen LogP contribution in [-0.4, -0.2) is 30.4 Å². The fourth-order valence-corrected chi connectivity index (χ4v) is 2.41. The maximum atomic E-state index is 12.1. The van der Waals surface area contributed by atoms with E-state index in [2.05, 4.69) is 16.6 Å². The molecule has 124 valence electrons. The molecule has 0 saturated carbocycles. The molecule has 0 spiro atoms. The fraction of sp³-hybridized carbons (Fsp3) is 0.389. The van der Waals surface area contributed by atoms with Gasteiger partial charge in [0, 0.05) is 18.8 Å². The van der Waals surface area contributed by atoms with E-state index in [1.54, 1.807) is 6.08 Å². The van der Waals surface area contributed by atoms with E-state index in [0.29, 0.717) is 30.7 Å². The van der Waals surface area contributed by atoms with Crippen LogP contribution in [0.2, 0.25) is 0 Å². The number of thiocarbonyl (C=S) groups is 1. The second kappa shape index (κ2) is 10.7. The lowest BCUT2D eigenvalue weighted by Crippen LogP contribution is -2.35. The highest BCUT2D eigenvalue weighted by atomic mass is 32.1. The van der Waals surface area contributed by atoms with Crippen LogP contribution in [0.1, 0.15) is 24.8 Å². The van der Waals surface area contributed by atoms with Gasteiger partial charge in [-0.05, 0) is 18.4 Å². The zero-order chi connectivity index (χ0) is 17.1. The molecule has 0 amide bonds. The van der Waals surface area contributed by atoms with Gasteiger partial charge >= 0.3 is 5.97 Å². The molecule has 0 aliphatic carbocycles. The minimum atomic E-state index is -0.385. The topological polar surface area (TPSA) is 55.4 Å². The Bertz CT molecular complexity index is 542. The van der Waals surface area contributed by atoms with Crippen molar-refractivity contribution in [3.63, 3.8) is 0 Å². The quantitative estimate of drug-likeness (QED) is 0.405. The molecule has 1 atom stereocenters. The van der Waals surface area contributed by atoms with Crippen molar-refractivity contribution in [3.8, 4) is 0 Å². The number of methoxy groups -OCH3 is 1. The van der Waals surface area contributed by atoms with Gasteiger partial charge in [0.15, 0.2) is 0 Å². The molecule has 0 radical (unpaired) electrons. The molecule has 0 bridgehead atoms. The van der Waals surface area contributed by atoms with E-state index in [1.807, 2.05) is 30.3 Å². The van der Waals surface area contributed by atoms with Gasteiger partial charge in [0.2, 0.25) is 0 Å². The van der Waals surface area contributed by atoms with E-state index < -0.39 is 0 Å². The first kappa shape index (κ1) is 19.0. The SMILES string of the molecule is C=CCCC(=O)C[C@@H](Cc1ccccc1)C(=S)NCC(=O)OC. The van der Waals surface area contributed by atoms with Gasteiger partial charge in [-0.25, -0.2) is 0 Å². The number of ether oxygens (including phenoxy) is 1. The number of carbonyl (C=O) groups is 2. The van der Waals surface area contributed by atoms with Crippen molar-refractivity contribution in [2.45, 2.75) is 25.7 Å². The summed E-state index contributed by atoms with van der Waals surface area (Å²) in [4.78, 5) is 23.8. The molecule has 0 aromatic heterocycles. The summed E-state index contributed by atoms with van der Waals surface area (Å²) >= 11 is 5.38. The summed E-state index contributed by atoms with van der Waals surface area (Å²) in [6.45, 7) is 3.65. The summed E-state index contributed by atoms with van der Waals surface area (Å²) in [5, 5.41) is 2.90. The molecule has 0 unspecified atom stereocenters. The predicted octanol–water partition coefficient (Wildman–Crippen LogP) is 2.86. The molecule has 23 heavy (non-hydrogen) atoms. The van der Waals surface area contributed by atoms with Crippen LogP contribution >= 0.6 is 12.2 Å². The average Bonchev–Trinajstić information content (AvgIpc) is 2.57. The third-order valence-corrected chi connectivity index (χ3v) is 3.91. The third kappa shape index (κ3) is 7.70. The first-order valence-corrected chi connectivity index (χ1v) is 7.98. The minimum Gasteiger partial charge on any atom is -0.468 e.